The van der Waals surface area contributed by atoms with Crippen molar-refractivity contribution in [3.05, 3.63) is 57.5 Å². The molecule has 8 nitrogen and oxygen atoms in total. The molecule has 9 heteroatoms. The highest BCUT2D eigenvalue weighted by Gasteiger charge is 2.22. The lowest BCUT2D eigenvalue weighted by Crippen LogP contribution is -2.30. The summed E-state index contributed by atoms with van der Waals surface area (Å²) in [4.78, 5) is 33.8. The normalized spacial score (nSPS) is 11.6. The largest absolute Gasteiger partial charge is 0.457 e. The van der Waals surface area contributed by atoms with E-state index in [4.69, 9.17) is 20.8 Å². The number of anilines is 1. The van der Waals surface area contributed by atoms with E-state index in [1.54, 1.807) is 0 Å². The van der Waals surface area contributed by atoms with Crippen LogP contribution in [0.5, 0.6) is 0 Å². The third kappa shape index (κ3) is 4.07. The molecule has 1 unspecified atom stereocenters. The quantitative estimate of drug-likeness (QED) is 0.509. The number of non-ortho nitro benzene ring substituents is 1. The number of benzene rings is 1. The fourth-order valence-corrected chi connectivity index (χ4v) is 1.79. The summed E-state index contributed by atoms with van der Waals surface area (Å²) in [6.07, 6.45) is 0.146. The number of halogens is 1. The zero-order chi connectivity index (χ0) is 17.0. The summed E-state index contributed by atoms with van der Waals surface area (Å²) >= 11 is 5.88. The summed E-state index contributed by atoms with van der Waals surface area (Å²) in [6.45, 7) is 1.35. The minimum absolute atomic E-state index is 0.0435. The number of amides is 1. The maximum absolute atomic E-state index is 12.0. The topological polar surface area (TPSA) is 112 Å². The van der Waals surface area contributed by atoms with Crippen molar-refractivity contribution in [2.45, 2.75) is 13.0 Å². The second kappa shape index (κ2) is 6.93. The van der Waals surface area contributed by atoms with E-state index in [-0.39, 0.29) is 22.2 Å². The standard InChI is InChI=1S/C14H11ClN2O6/c1-8(23-14(19)12-3-2-6-22-12)13(18)16-11-7-9(17(20)21)4-5-10(11)15/h2-8H,1H3,(H,16,18). The van der Waals surface area contributed by atoms with E-state index in [0.29, 0.717) is 0 Å². The number of carbonyl (C=O) groups is 2. The van der Waals surface area contributed by atoms with Gasteiger partial charge in [0, 0.05) is 12.1 Å². The zero-order valence-corrected chi connectivity index (χ0v) is 12.6. The lowest BCUT2D eigenvalue weighted by Gasteiger charge is -2.13. The van der Waals surface area contributed by atoms with Gasteiger partial charge in [-0.05, 0) is 25.1 Å². The van der Waals surface area contributed by atoms with E-state index in [1.165, 1.54) is 37.5 Å². The zero-order valence-electron chi connectivity index (χ0n) is 11.8. The molecule has 0 bridgehead atoms. The second-order valence-electron chi connectivity index (χ2n) is 4.44. The smallest absolute Gasteiger partial charge is 0.374 e. The lowest BCUT2D eigenvalue weighted by atomic mass is 10.2. The second-order valence-corrected chi connectivity index (χ2v) is 4.84. The number of nitro groups is 1. The van der Waals surface area contributed by atoms with Gasteiger partial charge in [-0.2, -0.15) is 0 Å². The van der Waals surface area contributed by atoms with Crippen LogP contribution >= 0.6 is 11.6 Å². The summed E-state index contributed by atoms with van der Waals surface area (Å²) in [5.41, 5.74) is -0.184. The summed E-state index contributed by atoms with van der Waals surface area (Å²) in [7, 11) is 0. The van der Waals surface area contributed by atoms with E-state index >= 15 is 0 Å². The molecule has 2 aromatic rings. The Kier molecular flexibility index (Phi) is 4.97. The number of furan rings is 1. The fraction of sp³-hybridized carbons (Fsp3) is 0.143. The van der Waals surface area contributed by atoms with E-state index < -0.39 is 22.9 Å². The molecule has 0 spiro atoms. The Morgan fingerprint density at radius 2 is 2.13 bits per heavy atom. The molecule has 0 saturated carbocycles. The van der Waals surface area contributed by atoms with E-state index in [1.807, 2.05) is 0 Å². The van der Waals surface area contributed by atoms with Crippen molar-refractivity contribution >= 4 is 34.9 Å². The molecule has 0 radical (unpaired) electrons. The highest BCUT2D eigenvalue weighted by molar-refractivity contribution is 6.33. The Morgan fingerprint density at radius 1 is 1.39 bits per heavy atom. The SMILES string of the molecule is CC(OC(=O)c1ccco1)C(=O)Nc1cc([N+](=O)[O-])ccc1Cl. The van der Waals surface area contributed by atoms with Crippen LogP contribution in [0.2, 0.25) is 5.02 Å². The molecule has 0 aliphatic heterocycles. The highest BCUT2D eigenvalue weighted by Crippen LogP contribution is 2.26. The Hall–Kier alpha value is -2.87. The van der Waals surface area contributed by atoms with E-state index in [2.05, 4.69) is 5.32 Å². The molecule has 1 aromatic carbocycles. The first-order valence-corrected chi connectivity index (χ1v) is 6.75. The Morgan fingerprint density at radius 3 is 2.74 bits per heavy atom. The molecule has 0 fully saturated rings. The number of hydrogen-bond acceptors (Lipinski definition) is 6. The minimum atomic E-state index is -1.15. The van der Waals surface area contributed by atoms with Crippen LogP contribution in [0.1, 0.15) is 17.5 Å². The van der Waals surface area contributed by atoms with Gasteiger partial charge in [-0.25, -0.2) is 4.79 Å². The maximum atomic E-state index is 12.0. The molecule has 0 saturated heterocycles. The maximum Gasteiger partial charge on any atom is 0.374 e. The minimum Gasteiger partial charge on any atom is -0.457 e. The molecular weight excluding hydrogens is 328 g/mol. The van der Waals surface area contributed by atoms with E-state index in [0.717, 1.165) is 6.07 Å². The predicted molar refractivity (Wildman–Crippen MR) is 80.3 cm³/mol. The number of nitrogens with one attached hydrogen (secondary N) is 1. The van der Waals surface area contributed by atoms with Crippen LogP contribution in [-0.4, -0.2) is 22.9 Å². The molecule has 0 aliphatic carbocycles. The Labute approximate surface area is 135 Å². The molecule has 23 heavy (non-hydrogen) atoms. The van der Waals surface area contributed by atoms with Gasteiger partial charge in [-0.1, -0.05) is 11.6 Å². The highest BCUT2D eigenvalue weighted by atomic mass is 35.5. The molecule has 1 N–H and O–H groups in total. The van der Waals surface area contributed by atoms with Gasteiger partial charge in [0.1, 0.15) is 0 Å². The van der Waals surface area contributed by atoms with Crippen LogP contribution < -0.4 is 5.32 Å². The molecular formula is C14H11ClN2O6. The number of carbonyl (C=O) groups excluding carboxylic acids is 2. The first-order chi connectivity index (χ1) is 10.9. The third-order valence-electron chi connectivity index (χ3n) is 2.79. The summed E-state index contributed by atoms with van der Waals surface area (Å²) < 4.78 is 9.78. The summed E-state index contributed by atoms with van der Waals surface area (Å²) in [5.74, 6) is -1.53. The van der Waals surface area contributed by atoms with Gasteiger partial charge < -0.3 is 14.5 Å². The number of ether oxygens (including phenoxy) is 1. The van der Waals surface area contributed by atoms with Gasteiger partial charge in [-0.3, -0.25) is 14.9 Å². The fourth-order valence-electron chi connectivity index (χ4n) is 1.62. The van der Waals surface area contributed by atoms with Crippen LogP contribution in [0.25, 0.3) is 0 Å². The van der Waals surface area contributed by atoms with Gasteiger partial charge in [0.25, 0.3) is 11.6 Å². The van der Waals surface area contributed by atoms with Gasteiger partial charge >= 0.3 is 5.97 Å². The number of esters is 1. The average molecular weight is 339 g/mol. The van der Waals surface area contributed by atoms with Crippen molar-refractivity contribution in [1.29, 1.82) is 0 Å². The predicted octanol–water partition coefficient (Wildman–Crippen LogP) is 3.03. The lowest BCUT2D eigenvalue weighted by molar-refractivity contribution is -0.384. The van der Waals surface area contributed by atoms with Crippen molar-refractivity contribution in [1.82, 2.24) is 0 Å². The van der Waals surface area contributed by atoms with Crippen LogP contribution in [0.15, 0.2) is 41.0 Å². The van der Waals surface area contributed by atoms with Crippen molar-refractivity contribution in [3.63, 3.8) is 0 Å². The van der Waals surface area contributed by atoms with Gasteiger partial charge in [0.15, 0.2) is 6.10 Å². The van der Waals surface area contributed by atoms with Crippen LogP contribution in [0.3, 0.4) is 0 Å². The van der Waals surface area contributed by atoms with Crippen LogP contribution in [0, 0.1) is 10.1 Å². The summed E-state index contributed by atoms with van der Waals surface area (Å²) in [5, 5.41) is 13.2. The number of nitro benzene ring substituents is 1. The van der Waals surface area contributed by atoms with E-state index in [9.17, 15) is 19.7 Å². The third-order valence-corrected chi connectivity index (χ3v) is 3.12. The number of hydrogen-bond donors (Lipinski definition) is 1. The molecule has 1 aromatic heterocycles. The van der Waals surface area contributed by atoms with Gasteiger partial charge in [0.2, 0.25) is 5.76 Å². The van der Waals surface area contributed by atoms with Crippen molar-refractivity contribution in [3.8, 4) is 0 Å². The van der Waals surface area contributed by atoms with Crippen molar-refractivity contribution in [2.75, 3.05) is 5.32 Å². The molecule has 2 rings (SSSR count). The van der Waals surface area contributed by atoms with Crippen LogP contribution in [-0.2, 0) is 9.53 Å². The van der Waals surface area contributed by atoms with Crippen molar-refractivity contribution in [2.24, 2.45) is 0 Å². The Balaban J connectivity index is 2.05. The molecule has 1 heterocycles. The van der Waals surface area contributed by atoms with Crippen molar-refractivity contribution < 1.29 is 23.7 Å². The first kappa shape index (κ1) is 16.5. The molecule has 0 aliphatic rings. The number of rotatable bonds is 5. The Bertz CT molecular complexity index is 744. The summed E-state index contributed by atoms with van der Waals surface area (Å²) in [6, 6.07) is 6.50. The molecule has 1 atom stereocenters. The van der Waals surface area contributed by atoms with Crippen LogP contribution in [0.4, 0.5) is 11.4 Å². The first-order valence-electron chi connectivity index (χ1n) is 6.38. The van der Waals surface area contributed by atoms with Gasteiger partial charge in [-0.15, -0.1) is 0 Å². The monoisotopic (exact) mass is 338 g/mol. The average Bonchev–Trinajstić information content (AvgIpc) is 3.03. The number of nitrogens with zero attached hydrogens (tertiary/aromatic N) is 1. The van der Waals surface area contributed by atoms with Gasteiger partial charge in [0.05, 0.1) is 21.9 Å². The molecule has 120 valence electrons. The molecule has 1 amide bonds.